The molecule has 2 aromatic rings. The number of carbonyl (C=O) groups excluding carboxylic acids is 1. The molecule has 216 valence electrons. The lowest BCUT2D eigenvalue weighted by Crippen LogP contribution is -2.44. The molecule has 10 nitrogen and oxygen atoms in total. The lowest BCUT2D eigenvalue weighted by molar-refractivity contribution is -0.105. The Morgan fingerprint density at radius 1 is 1.23 bits per heavy atom. The van der Waals surface area contributed by atoms with Crippen LogP contribution in [0.1, 0.15) is 32.3 Å². The Balaban J connectivity index is 1.22. The Morgan fingerprint density at radius 2 is 2.05 bits per heavy atom. The zero-order valence-corrected chi connectivity index (χ0v) is 24.3. The van der Waals surface area contributed by atoms with E-state index in [1.165, 1.54) is 6.42 Å². The normalized spacial score (nSPS) is 17.8. The van der Waals surface area contributed by atoms with Crippen molar-refractivity contribution in [3.05, 3.63) is 40.9 Å². The molecule has 2 fully saturated rings. The minimum absolute atomic E-state index is 0.0113. The van der Waals surface area contributed by atoms with E-state index in [0.29, 0.717) is 52.5 Å². The van der Waals surface area contributed by atoms with Gasteiger partial charge in [0.15, 0.2) is 11.5 Å². The number of rotatable bonds is 9. The monoisotopic (exact) mass is 571 g/mol. The second-order valence-electron chi connectivity index (χ2n) is 11.0. The Kier molecular flexibility index (Phi) is 8.58. The predicted octanol–water partition coefficient (Wildman–Crippen LogP) is 4.60. The van der Waals surface area contributed by atoms with Crippen LogP contribution < -0.4 is 29.7 Å². The number of fused-ring (bicyclic) bond motifs is 1. The zero-order valence-electron chi connectivity index (χ0n) is 23.6. The van der Waals surface area contributed by atoms with Gasteiger partial charge in [0.25, 0.3) is 0 Å². The summed E-state index contributed by atoms with van der Waals surface area (Å²) in [5, 5.41) is 5.88. The minimum Gasteiger partial charge on any atom is -0.493 e. The number of benzene rings is 2. The third kappa shape index (κ3) is 6.40. The molecule has 3 heterocycles. The molecule has 0 atom stereocenters. The molecule has 0 unspecified atom stereocenters. The highest BCUT2D eigenvalue weighted by Gasteiger charge is 2.44. The number of carbonyl (C=O) groups is 1. The molecule has 0 bridgehead atoms. The second-order valence-corrected chi connectivity index (χ2v) is 11.4. The van der Waals surface area contributed by atoms with E-state index in [2.05, 4.69) is 20.5 Å². The van der Waals surface area contributed by atoms with Crippen LogP contribution in [0.2, 0.25) is 5.02 Å². The van der Waals surface area contributed by atoms with Crippen LogP contribution in [0.4, 0.5) is 16.2 Å². The summed E-state index contributed by atoms with van der Waals surface area (Å²) in [6.07, 6.45) is 2.17. The molecule has 3 aliphatic heterocycles. The third-order valence-corrected chi connectivity index (χ3v) is 7.70. The molecule has 0 aliphatic carbocycles. The molecule has 2 amide bonds. The van der Waals surface area contributed by atoms with Gasteiger partial charge in [-0.15, -0.1) is 0 Å². The van der Waals surface area contributed by atoms with Crippen LogP contribution in [0, 0.1) is 5.41 Å². The van der Waals surface area contributed by atoms with Crippen LogP contribution in [0.5, 0.6) is 17.2 Å². The maximum absolute atomic E-state index is 12.0. The van der Waals surface area contributed by atoms with Crippen LogP contribution >= 0.6 is 11.6 Å². The van der Waals surface area contributed by atoms with E-state index in [0.717, 1.165) is 50.5 Å². The SMILES string of the molecule is COc1cc2c(cc1OCCCN1CCC3(COC3)C1)N(C)CN=C2Oc1ccc(NC(=O)NC(C)C)c(Cl)c1. The van der Waals surface area contributed by atoms with Crippen LogP contribution in [-0.4, -0.2) is 83.2 Å². The summed E-state index contributed by atoms with van der Waals surface area (Å²) in [6.45, 7) is 9.88. The van der Waals surface area contributed by atoms with Gasteiger partial charge < -0.3 is 39.4 Å². The predicted molar refractivity (Wildman–Crippen MR) is 157 cm³/mol. The first-order valence-electron chi connectivity index (χ1n) is 13.7. The molecule has 2 saturated heterocycles. The fraction of sp³-hybridized carbons (Fsp3) is 0.517. The van der Waals surface area contributed by atoms with Crippen molar-refractivity contribution in [1.82, 2.24) is 10.2 Å². The number of aliphatic imine (C=N–C) groups is 1. The fourth-order valence-corrected chi connectivity index (χ4v) is 5.45. The Bertz CT molecular complexity index is 1270. The van der Waals surface area contributed by atoms with Gasteiger partial charge in [-0.25, -0.2) is 9.79 Å². The van der Waals surface area contributed by atoms with Gasteiger partial charge >= 0.3 is 6.03 Å². The molecule has 2 N–H and O–H groups in total. The maximum atomic E-state index is 12.0. The van der Waals surface area contributed by atoms with Crippen molar-refractivity contribution in [1.29, 1.82) is 0 Å². The van der Waals surface area contributed by atoms with Gasteiger partial charge in [-0.2, -0.15) is 0 Å². The quantitative estimate of drug-likeness (QED) is 0.425. The number of likely N-dealkylation sites (tertiary alicyclic amines) is 1. The van der Waals surface area contributed by atoms with E-state index in [-0.39, 0.29) is 12.1 Å². The lowest BCUT2D eigenvalue weighted by atomic mass is 9.85. The van der Waals surface area contributed by atoms with Crippen LogP contribution in [-0.2, 0) is 4.74 Å². The summed E-state index contributed by atoms with van der Waals surface area (Å²) in [4.78, 5) is 21.2. The van der Waals surface area contributed by atoms with Gasteiger partial charge in [-0.3, -0.25) is 0 Å². The largest absolute Gasteiger partial charge is 0.493 e. The fourth-order valence-electron chi connectivity index (χ4n) is 5.24. The van der Waals surface area contributed by atoms with Gasteiger partial charge in [-0.05, 0) is 51.4 Å². The van der Waals surface area contributed by atoms with Crippen molar-refractivity contribution < 1.29 is 23.7 Å². The Labute approximate surface area is 240 Å². The highest BCUT2D eigenvalue weighted by molar-refractivity contribution is 6.33. The number of hydrogen-bond donors (Lipinski definition) is 2. The Hall–Kier alpha value is -3.21. The summed E-state index contributed by atoms with van der Waals surface area (Å²) in [5.41, 5.74) is 2.62. The molecule has 0 saturated carbocycles. The van der Waals surface area contributed by atoms with E-state index in [1.54, 1.807) is 25.3 Å². The average Bonchev–Trinajstić information content (AvgIpc) is 3.34. The molecule has 0 aromatic heterocycles. The van der Waals surface area contributed by atoms with Crippen molar-refractivity contribution >= 4 is 34.9 Å². The van der Waals surface area contributed by atoms with E-state index in [4.69, 9.17) is 30.5 Å². The van der Waals surface area contributed by atoms with Crippen molar-refractivity contribution in [2.24, 2.45) is 10.4 Å². The summed E-state index contributed by atoms with van der Waals surface area (Å²) in [5.74, 6) is 2.27. The van der Waals surface area contributed by atoms with Crippen LogP contribution in [0.3, 0.4) is 0 Å². The summed E-state index contributed by atoms with van der Waals surface area (Å²) in [6, 6.07) is 8.67. The van der Waals surface area contributed by atoms with Crippen molar-refractivity contribution in [3.8, 4) is 17.2 Å². The maximum Gasteiger partial charge on any atom is 0.319 e. The number of nitrogens with one attached hydrogen (secondary N) is 2. The van der Waals surface area contributed by atoms with Crippen molar-refractivity contribution in [2.45, 2.75) is 32.7 Å². The van der Waals surface area contributed by atoms with Crippen molar-refractivity contribution in [2.75, 3.05) is 70.5 Å². The first-order chi connectivity index (χ1) is 19.2. The molecule has 5 rings (SSSR count). The molecule has 2 aromatic carbocycles. The number of anilines is 2. The van der Waals surface area contributed by atoms with Crippen LogP contribution in [0.15, 0.2) is 35.3 Å². The Morgan fingerprint density at radius 3 is 2.73 bits per heavy atom. The number of methoxy groups -OCH3 is 1. The van der Waals surface area contributed by atoms with Gasteiger partial charge in [-0.1, -0.05) is 11.6 Å². The topological polar surface area (TPSA) is 96.9 Å². The standard InChI is InChI=1S/C29H38ClN5O5/c1-19(2)32-28(36)33-23-7-6-20(12-22(23)30)40-27-21-13-25(37-4)26(14-24(21)34(3)18-31-27)39-11-5-9-35-10-8-29(15-35)16-38-17-29/h6-7,12-14,19H,5,8-11,15-18H2,1-4H3,(H2,32,33,36). The number of urea groups is 1. The first-order valence-corrected chi connectivity index (χ1v) is 14.1. The molecule has 0 radical (unpaired) electrons. The lowest BCUT2D eigenvalue weighted by Gasteiger charge is -2.37. The highest BCUT2D eigenvalue weighted by atomic mass is 35.5. The summed E-state index contributed by atoms with van der Waals surface area (Å²) in [7, 11) is 3.60. The van der Waals surface area contributed by atoms with E-state index >= 15 is 0 Å². The minimum atomic E-state index is -0.322. The number of nitrogens with zero attached hydrogens (tertiary/aromatic N) is 3. The molecule has 40 heavy (non-hydrogen) atoms. The zero-order chi connectivity index (χ0) is 28.3. The van der Waals surface area contributed by atoms with E-state index in [9.17, 15) is 4.79 Å². The van der Waals surface area contributed by atoms with Gasteiger partial charge in [0.05, 0.1) is 48.9 Å². The smallest absolute Gasteiger partial charge is 0.319 e. The highest BCUT2D eigenvalue weighted by Crippen LogP contribution is 2.39. The molecule has 11 heteroatoms. The van der Waals surface area contributed by atoms with Crippen LogP contribution in [0.25, 0.3) is 0 Å². The third-order valence-electron chi connectivity index (χ3n) is 7.38. The molecular weight excluding hydrogens is 534 g/mol. The number of amides is 2. The van der Waals surface area contributed by atoms with Gasteiger partial charge in [0, 0.05) is 43.7 Å². The average molecular weight is 572 g/mol. The molecule has 1 spiro atoms. The number of hydrogen-bond acceptors (Lipinski definition) is 8. The second kappa shape index (κ2) is 12.1. The van der Waals surface area contributed by atoms with E-state index < -0.39 is 0 Å². The van der Waals surface area contributed by atoms with E-state index in [1.807, 2.05) is 37.9 Å². The van der Waals surface area contributed by atoms with Crippen molar-refractivity contribution in [3.63, 3.8) is 0 Å². The first kappa shape index (κ1) is 28.3. The number of halogens is 1. The summed E-state index contributed by atoms with van der Waals surface area (Å²) < 4.78 is 23.5. The van der Waals surface area contributed by atoms with Gasteiger partial charge in [0.2, 0.25) is 5.90 Å². The van der Waals surface area contributed by atoms with Gasteiger partial charge in [0.1, 0.15) is 12.4 Å². The molecule has 3 aliphatic rings. The summed E-state index contributed by atoms with van der Waals surface area (Å²) >= 11 is 6.43. The molecular formula is C29H38ClN5O5. The number of ether oxygens (including phenoxy) is 4.